The van der Waals surface area contributed by atoms with Crippen LogP contribution in [0.5, 0.6) is 11.5 Å². The van der Waals surface area contributed by atoms with Crippen molar-refractivity contribution in [2.24, 2.45) is 11.7 Å². The molecular weight excluding hydrogens is 317 g/mol. The van der Waals surface area contributed by atoms with Gasteiger partial charge in [-0.2, -0.15) is 0 Å². The first-order valence-corrected chi connectivity index (χ1v) is 7.96. The van der Waals surface area contributed by atoms with Gasteiger partial charge in [-0.15, -0.1) is 0 Å². The molecular formula is C17H22FNO5. The van der Waals surface area contributed by atoms with E-state index >= 15 is 0 Å². The van der Waals surface area contributed by atoms with Gasteiger partial charge in [-0.25, -0.2) is 4.39 Å². The lowest BCUT2D eigenvalue weighted by molar-refractivity contribution is -0.149. The molecule has 0 aliphatic heterocycles. The van der Waals surface area contributed by atoms with Crippen LogP contribution in [0.1, 0.15) is 43.0 Å². The van der Waals surface area contributed by atoms with E-state index in [9.17, 15) is 14.0 Å². The molecule has 0 spiro atoms. The number of benzene rings is 1. The fourth-order valence-corrected chi connectivity index (χ4v) is 2.84. The third-order valence-electron chi connectivity index (χ3n) is 4.11. The van der Waals surface area contributed by atoms with Crippen LogP contribution in [0, 0.1) is 11.7 Å². The molecule has 0 atom stereocenters. The topological polar surface area (TPSA) is 87.9 Å². The number of rotatable bonds is 6. The summed E-state index contributed by atoms with van der Waals surface area (Å²) in [5, 5.41) is 0. The maximum absolute atomic E-state index is 14.1. The van der Waals surface area contributed by atoms with Crippen molar-refractivity contribution in [1.82, 2.24) is 0 Å². The Morgan fingerprint density at radius 3 is 2.42 bits per heavy atom. The van der Waals surface area contributed by atoms with Gasteiger partial charge in [0, 0.05) is 6.07 Å². The summed E-state index contributed by atoms with van der Waals surface area (Å²) in [6.45, 7) is 2.14. The van der Waals surface area contributed by atoms with Gasteiger partial charge in [0.2, 0.25) is 0 Å². The number of primary amides is 1. The monoisotopic (exact) mass is 339 g/mol. The molecule has 0 saturated heterocycles. The van der Waals surface area contributed by atoms with Crippen molar-refractivity contribution < 1.29 is 28.2 Å². The predicted molar refractivity (Wildman–Crippen MR) is 84.5 cm³/mol. The van der Waals surface area contributed by atoms with Crippen molar-refractivity contribution in [3.05, 3.63) is 23.5 Å². The van der Waals surface area contributed by atoms with Crippen LogP contribution < -0.4 is 15.2 Å². The van der Waals surface area contributed by atoms with Gasteiger partial charge in [-0.1, -0.05) is 0 Å². The van der Waals surface area contributed by atoms with Crippen molar-refractivity contribution >= 4 is 11.9 Å². The summed E-state index contributed by atoms with van der Waals surface area (Å²) < 4.78 is 29.7. The maximum Gasteiger partial charge on any atom is 0.308 e. The minimum atomic E-state index is -0.720. The second kappa shape index (κ2) is 7.99. The van der Waals surface area contributed by atoms with E-state index in [0.717, 1.165) is 6.07 Å². The lowest BCUT2D eigenvalue weighted by Gasteiger charge is -2.28. The standard InChI is InChI=1S/C17H22FNO5/c1-3-23-17(21)10-4-6-11(7-5-10)24-15-8-12(16(19)20)14(22-2)9-13(15)18/h8-11H,3-7H2,1-2H3,(H2,19,20)/t10-,11+. The second-order valence-electron chi connectivity index (χ2n) is 5.69. The molecule has 1 aromatic rings. The van der Waals surface area contributed by atoms with Crippen molar-refractivity contribution in [1.29, 1.82) is 0 Å². The molecule has 0 heterocycles. The Balaban J connectivity index is 2.03. The van der Waals surface area contributed by atoms with E-state index in [-0.39, 0.29) is 35.1 Å². The molecule has 2 rings (SSSR count). The fourth-order valence-electron chi connectivity index (χ4n) is 2.84. The quantitative estimate of drug-likeness (QED) is 0.804. The van der Waals surface area contributed by atoms with Crippen LogP contribution in [0.3, 0.4) is 0 Å². The average Bonchev–Trinajstić information content (AvgIpc) is 2.57. The molecule has 1 aromatic carbocycles. The predicted octanol–water partition coefficient (Wildman–Crippen LogP) is 2.43. The molecule has 1 aliphatic carbocycles. The molecule has 0 radical (unpaired) electrons. The summed E-state index contributed by atoms with van der Waals surface area (Å²) in [6, 6.07) is 2.34. The molecule has 0 bridgehead atoms. The first-order valence-electron chi connectivity index (χ1n) is 7.96. The highest BCUT2D eigenvalue weighted by Crippen LogP contribution is 2.32. The molecule has 1 saturated carbocycles. The zero-order valence-corrected chi connectivity index (χ0v) is 13.8. The third kappa shape index (κ3) is 4.15. The summed E-state index contributed by atoms with van der Waals surface area (Å²) in [5.41, 5.74) is 5.34. The second-order valence-corrected chi connectivity index (χ2v) is 5.69. The maximum atomic E-state index is 14.1. The van der Waals surface area contributed by atoms with Gasteiger partial charge in [-0.3, -0.25) is 9.59 Å². The molecule has 0 aromatic heterocycles. The van der Waals surface area contributed by atoms with E-state index in [1.165, 1.54) is 13.2 Å². The summed E-state index contributed by atoms with van der Waals surface area (Å²) in [5.74, 6) is -1.64. The highest BCUT2D eigenvalue weighted by molar-refractivity contribution is 5.96. The van der Waals surface area contributed by atoms with E-state index < -0.39 is 11.7 Å². The van der Waals surface area contributed by atoms with Gasteiger partial charge in [0.1, 0.15) is 5.75 Å². The van der Waals surface area contributed by atoms with Crippen LogP contribution in [0.15, 0.2) is 12.1 Å². The smallest absolute Gasteiger partial charge is 0.308 e. The van der Waals surface area contributed by atoms with Gasteiger partial charge in [0.05, 0.1) is 31.3 Å². The van der Waals surface area contributed by atoms with Gasteiger partial charge in [0.25, 0.3) is 5.91 Å². The first kappa shape index (κ1) is 18.0. The zero-order chi connectivity index (χ0) is 17.7. The minimum Gasteiger partial charge on any atom is -0.496 e. The number of nitrogens with two attached hydrogens (primary N) is 1. The van der Waals surface area contributed by atoms with Crippen LogP contribution in [0.25, 0.3) is 0 Å². The molecule has 2 N–H and O–H groups in total. The summed E-state index contributed by atoms with van der Waals surface area (Å²) in [7, 11) is 1.33. The van der Waals surface area contributed by atoms with Crippen LogP contribution in [0.2, 0.25) is 0 Å². The van der Waals surface area contributed by atoms with Crippen LogP contribution in [0.4, 0.5) is 4.39 Å². The normalized spacial score (nSPS) is 20.3. The number of ether oxygens (including phenoxy) is 3. The molecule has 24 heavy (non-hydrogen) atoms. The molecule has 7 heteroatoms. The van der Waals surface area contributed by atoms with Gasteiger partial charge in [-0.05, 0) is 38.7 Å². The molecule has 1 aliphatic rings. The Morgan fingerprint density at radius 1 is 1.21 bits per heavy atom. The van der Waals surface area contributed by atoms with Crippen molar-refractivity contribution in [3.8, 4) is 11.5 Å². The number of hydrogen-bond acceptors (Lipinski definition) is 5. The third-order valence-corrected chi connectivity index (χ3v) is 4.11. The largest absolute Gasteiger partial charge is 0.496 e. The first-order chi connectivity index (χ1) is 11.5. The number of halogens is 1. The van der Waals surface area contributed by atoms with Gasteiger partial charge < -0.3 is 19.9 Å². The Hall–Kier alpha value is -2.31. The molecule has 1 fully saturated rings. The molecule has 132 valence electrons. The highest BCUT2D eigenvalue weighted by atomic mass is 19.1. The number of esters is 1. The summed E-state index contributed by atoms with van der Waals surface area (Å²) >= 11 is 0. The Kier molecular flexibility index (Phi) is 6.00. The number of amides is 1. The SMILES string of the molecule is CCOC(=O)[C@H]1CC[C@@H](Oc2cc(C(N)=O)c(OC)cc2F)CC1. The van der Waals surface area contributed by atoms with E-state index in [0.29, 0.717) is 32.3 Å². The fraction of sp³-hybridized carbons (Fsp3) is 0.529. The summed E-state index contributed by atoms with van der Waals surface area (Å²) in [6.07, 6.45) is 2.26. The number of methoxy groups -OCH3 is 1. The van der Waals surface area contributed by atoms with E-state index in [2.05, 4.69) is 0 Å². The van der Waals surface area contributed by atoms with Crippen molar-refractivity contribution in [2.45, 2.75) is 38.7 Å². The van der Waals surface area contributed by atoms with Crippen molar-refractivity contribution in [3.63, 3.8) is 0 Å². The lowest BCUT2D eigenvalue weighted by Crippen LogP contribution is -2.29. The average molecular weight is 339 g/mol. The minimum absolute atomic E-state index is 0.0378. The van der Waals surface area contributed by atoms with E-state index in [1.807, 2.05) is 0 Å². The molecule has 0 unspecified atom stereocenters. The Morgan fingerprint density at radius 2 is 1.88 bits per heavy atom. The summed E-state index contributed by atoms with van der Waals surface area (Å²) in [4.78, 5) is 23.1. The zero-order valence-electron chi connectivity index (χ0n) is 13.8. The molecule has 6 nitrogen and oxygen atoms in total. The molecule has 1 amide bonds. The van der Waals surface area contributed by atoms with E-state index in [1.54, 1.807) is 6.92 Å². The Labute approximate surface area is 140 Å². The van der Waals surface area contributed by atoms with Crippen LogP contribution in [-0.4, -0.2) is 31.7 Å². The number of hydrogen-bond donors (Lipinski definition) is 1. The van der Waals surface area contributed by atoms with Gasteiger partial charge in [0.15, 0.2) is 11.6 Å². The Bertz CT molecular complexity index is 611. The van der Waals surface area contributed by atoms with Crippen LogP contribution >= 0.6 is 0 Å². The number of carbonyl (C=O) groups excluding carboxylic acids is 2. The lowest BCUT2D eigenvalue weighted by atomic mass is 9.87. The van der Waals surface area contributed by atoms with Crippen LogP contribution in [-0.2, 0) is 9.53 Å². The number of carbonyl (C=O) groups is 2. The van der Waals surface area contributed by atoms with Gasteiger partial charge >= 0.3 is 5.97 Å². The highest BCUT2D eigenvalue weighted by Gasteiger charge is 2.29. The van der Waals surface area contributed by atoms with E-state index in [4.69, 9.17) is 19.9 Å². The van der Waals surface area contributed by atoms with Crippen molar-refractivity contribution in [2.75, 3.05) is 13.7 Å².